The number of carbonyl (C=O) groups is 1. The summed E-state index contributed by atoms with van der Waals surface area (Å²) in [6, 6.07) is 10.6. The van der Waals surface area contributed by atoms with Gasteiger partial charge in [0.1, 0.15) is 5.75 Å². The number of piperidine rings is 1. The quantitative estimate of drug-likeness (QED) is 0.659. The molecular weight excluding hydrogens is 390 g/mol. The van der Waals surface area contributed by atoms with E-state index in [1.165, 1.54) is 0 Å². The Balaban J connectivity index is 1.77. The van der Waals surface area contributed by atoms with Crippen molar-refractivity contribution in [3.05, 3.63) is 59.9 Å². The molecule has 0 saturated carbocycles. The van der Waals surface area contributed by atoms with Crippen LogP contribution in [0.3, 0.4) is 0 Å². The van der Waals surface area contributed by atoms with Crippen LogP contribution in [0.15, 0.2) is 48.8 Å². The number of carbonyl (C=O) groups excluding carboxylic acids is 1. The molecule has 0 aliphatic carbocycles. The fourth-order valence-electron chi connectivity index (χ4n) is 3.40. The van der Waals surface area contributed by atoms with Crippen LogP contribution in [0.25, 0.3) is 0 Å². The van der Waals surface area contributed by atoms with Crippen LogP contribution >= 0.6 is 0 Å². The average molecular weight is 418 g/mol. The van der Waals surface area contributed by atoms with Crippen LogP contribution < -0.4 is 4.74 Å². The van der Waals surface area contributed by atoms with Gasteiger partial charge < -0.3 is 9.64 Å². The smallest absolute Gasteiger partial charge is 0.254 e. The molecule has 0 atom stereocenters. The zero-order valence-corrected chi connectivity index (χ0v) is 17.5. The molecule has 8 heteroatoms. The van der Waals surface area contributed by atoms with E-state index < -0.39 is 10.0 Å². The van der Waals surface area contributed by atoms with Crippen LogP contribution in [0.4, 0.5) is 0 Å². The predicted molar refractivity (Wildman–Crippen MR) is 111 cm³/mol. The highest BCUT2D eigenvalue weighted by molar-refractivity contribution is 7.89. The maximum atomic E-state index is 13.2. The molecular formula is C21H27N3O4S. The normalized spacial score (nSPS) is 15.1. The number of pyridine rings is 1. The van der Waals surface area contributed by atoms with E-state index in [1.807, 2.05) is 6.07 Å². The minimum Gasteiger partial charge on any atom is -0.497 e. The number of amides is 1. The third kappa shape index (κ3) is 5.77. The van der Waals surface area contributed by atoms with Gasteiger partial charge in [-0.25, -0.2) is 12.7 Å². The summed E-state index contributed by atoms with van der Waals surface area (Å²) in [5.41, 5.74) is 1.31. The maximum absolute atomic E-state index is 13.2. The minimum atomic E-state index is -3.40. The zero-order chi connectivity index (χ0) is 20.7. The number of hydrogen-bond donors (Lipinski definition) is 0. The molecule has 156 valence electrons. The van der Waals surface area contributed by atoms with Crippen molar-refractivity contribution < 1.29 is 17.9 Å². The number of sulfonamides is 1. The highest BCUT2D eigenvalue weighted by Crippen LogP contribution is 2.17. The molecule has 2 heterocycles. The van der Waals surface area contributed by atoms with Gasteiger partial charge in [-0.05, 0) is 42.7 Å². The van der Waals surface area contributed by atoms with E-state index in [-0.39, 0.29) is 18.2 Å². The summed E-state index contributed by atoms with van der Waals surface area (Å²) in [5, 5.41) is 0. The summed E-state index contributed by atoms with van der Waals surface area (Å²) in [4.78, 5) is 18.8. The van der Waals surface area contributed by atoms with Gasteiger partial charge in [0.25, 0.3) is 5.91 Å². The standard InChI is InChI=1S/C21H27N3O4S/c1-28-20-9-5-8-19(15-20)21(25)23(17-18-7-6-10-22-16-18)13-14-29(26,27)24-11-3-2-4-12-24/h5-10,15-16H,2-4,11-14,17H2,1H3. The number of rotatable bonds is 8. The number of nitrogens with zero attached hydrogens (tertiary/aromatic N) is 3. The second-order valence-electron chi connectivity index (χ2n) is 7.10. The average Bonchev–Trinajstić information content (AvgIpc) is 2.77. The first-order valence-electron chi connectivity index (χ1n) is 9.79. The first kappa shape index (κ1) is 21.3. The molecule has 2 aromatic rings. The van der Waals surface area contributed by atoms with E-state index in [9.17, 15) is 13.2 Å². The van der Waals surface area contributed by atoms with Crippen molar-refractivity contribution >= 4 is 15.9 Å². The molecule has 0 bridgehead atoms. The van der Waals surface area contributed by atoms with E-state index in [0.29, 0.717) is 30.9 Å². The van der Waals surface area contributed by atoms with Gasteiger partial charge in [-0.3, -0.25) is 9.78 Å². The molecule has 3 rings (SSSR count). The third-order valence-corrected chi connectivity index (χ3v) is 6.88. The maximum Gasteiger partial charge on any atom is 0.254 e. The van der Waals surface area contributed by atoms with Gasteiger partial charge in [0.2, 0.25) is 10.0 Å². The minimum absolute atomic E-state index is 0.0943. The molecule has 0 unspecified atom stereocenters. The first-order valence-corrected chi connectivity index (χ1v) is 11.4. The van der Waals surface area contributed by atoms with Crippen molar-refractivity contribution in [3.8, 4) is 5.75 Å². The molecule has 0 N–H and O–H groups in total. The van der Waals surface area contributed by atoms with E-state index in [0.717, 1.165) is 24.8 Å². The molecule has 1 aromatic carbocycles. The molecule has 29 heavy (non-hydrogen) atoms. The largest absolute Gasteiger partial charge is 0.497 e. The lowest BCUT2D eigenvalue weighted by Gasteiger charge is -2.28. The summed E-state index contributed by atoms with van der Waals surface area (Å²) in [6.07, 6.45) is 6.19. The van der Waals surface area contributed by atoms with Crippen molar-refractivity contribution in [1.82, 2.24) is 14.2 Å². The Labute approximate surface area is 172 Å². The van der Waals surface area contributed by atoms with Crippen LogP contribution in [-0.4, -0.2) is 61.0 Å². The van der Waals surface area contributed by atoms with Gasteiger partial charge in [0, 0.05) is 44.1 Å². The molecule has 0 radical (unpaired) electrons. The fourth-order valence-corrected chi connectivity index (χ4v) is 4.92. The topological polar surface area (TPSA) is 79.8 Å². The Morgan fingerprint density at radius 3 is 2.66 bits per heavy atom. The van der Waals surface area contributed by atoms with Crippen molar-refractivity contribution in [2.24, 2.45) is 0 Å². The van der Waals surface area contributed by atoms with Crippen molar-refractivity contribution in [2.45, 2.75) is 25.8 Å². The number of aromatic nitrogens is 1. The lowest BCUT2D eigenvalue weighted by molar-refractivity contribution is 0.0753. The lowest BCUT2D eigenvalue weighted by atomic mass is 10.1. The van der Waals surface area contributed by atoms with E-state index in [2.05, 4.69) is 4.98 Å². The molecule has 1 aliphatic heterocycles. The fraction of sp³-hybridized carbons (Fsp3) is 0.429. The monoisotopic (exact) mass is 417 g/mol. The highest BCUT2D eigenvalue weighted by atomic mass is 32.2. The van der Waals surface area contributed by atoms with Gasteiger partial charge in [-0.1, -0.05) is 18.6 Å². The van der Waals surface area contributed by atoms with E-state index >= 15 is 0 Å². The Morgan fingerprint density at radius 1 is 1.17 bits per heavy atom. The summed E-state index contributed by atoms with van der Waals surface area (Å²) in [6.45, 7) is 1.53. The van der Waals surface area contributed by atoms with E-state index in [4.69, 9.17) is 4.74 Å². The zero-order valence-electron chi connectivity index (χ0n) is 16.7. The Bertz CT molecular complexity index is 913. The number of benzene rings is 1. The lowest BCUT2D eigenvalue weighted by Crippen LogP contribution is -2.41. The van der Waals surface area contributed by atoms with Gasteiger partial charge in [-0.15, -0.1) is 0 Å². The van der Waals surface area contributed by atoms with Gasteiger partial charge in [0.15, 0.2) is 0 Å². The summed E-state index contributed by atoms with van der Waals surface area (Å²) >= 11 is 0. The van der Waals surface area contributed by atoms with Crippen LogP contribution in [0.5, 0.6) is 5.75 Å². The summed E-state index contributed by atoms with van der Waals surface area (Å²) < 4.78 is 32.3. The third-order valence-electron chi connectivity index (χ3n) is 5.03. The summed E-state index contributed by atoms with van der Waals surface area (Å²) in [7, 11) is -1.86. The number of ether oxygens (including phenoxy) is 1. The van der Waals surface area contributed by atoms with Crippen LogP contribution in [0.1, 0.15) is 35.2 Å². The molecule has 1 aliphatic rings. The molecule has 0 spiro atoms. The molecule has 7 nitrogen and oxygen atoms in total. The van der Waals surface area contributed by atoms with Crippen molar-refractivity contribution in [2.75, 3.05) is 32.5 Å². The number of methoxy groups -OCH3 is 1. The van der Waals surface area contributed by atoms with Gasteiger partial charge in [0.05, 0.1) is 12.9 Å². The van der Waals surface area contributed by atoms with Crippen molar-refractivity contribution in [1.29, 1.82) is 0 Å². The summed E-state index contributed by atoms with van der Waals surface area (Å²) in [5.74, 6) is 0.253. The molecule has 1 amide bonds. The van der Waals surface area contributed by atoms with Crippen LogP contribution in [-0.2, 0) is 16.6 Å². The second-order valence-corrected chi connectivity index (χ2v) is 9.18. The molecule has 1 saturated heterocycles. The van der Waals surface area contributed by atoms with Crippen molar-refractivity contribution in [3.63, 3.8) is 0 Å². The van der Waals surface area contributed by atoms with E-state index in [1.54, 1.807) is 59.0 Å². The number of hydrogen-bond acceptors (Lipinski definition) is 5. The highest BCUT2D eigenvalue weighted by Gasteiger charge is 2.26. The Morgan fingerprint density at radius 2 is 1.97 bits per heavy atom. The van der Waals surface area contributed by atoms with Gasteiger partial charge >= 0.3 is 0 Å². The predicted octanol–water partition coefficient (Wildman–Crippen LogP) is 2.55. The first-order chi connectivity index (χ1) is 14.0. The van der Waals surface area contributed by atoms with Gasteiger partial charge in [-0.2, -0.15) is 0 Å². The van der Waals surface area contributed by atoms with Crippen LogP contribution in [0.2, 0.25) is 0 Å². The Kier molecular flexibility index (Phi) is 7.22. The van der Waals surface area contributed by atoms with Crippen LogP contribution in [0, 0.1) is 0 Å². The molecule has 1 fully saturated rings. The molecule has 1 aromatic heterocycles. The second kappa shape index (κ2) is 9.84. The Hall–Kier alpha value is -2.45. The SMILES string of the molecule is COc1cccc(C(=O)N(CCS(=O)(=O)N2CCCCC2)Cc2cccnc2)c1.